The molecule has 0 aromatic heterocycles. The standard InChI is InChI=1S/C19H18N2O3/c1-12-16(19(23)24-2)17(14-9-6-10-15(22)11-14)21-18(20-12)13-7-4-3-5-8-13/h3-11,17,22H,1-2H3,(H,20,21). The highest BCUT2D eigenvalue weighted by molar-refractivity contribution is 6.03. The molecule has 0 aliphatic carbocycles. The monoisotopic (exact) mass is 322 g/mol. The molecule has 1 aliphatic rings. The van der Waals surface area contributed by atoms with Crippen LogP contribution in [0.2, 0.25) is 0 Å². The number of nitrogens with one attached hydrogen (secondary N) is 1. The molecule has 1 unspecified atom stereocenters. The molecule has 1 atom stereocenters. The van der Waals surface area contributed by atoms with Gasteiger partial charge >= 0.3 is 5.97 Å². The van der Waals surface area contributed by atoms with E-state index in [0.29, 0.717) is 17.1 Å². The van der Waals surface area contributed by atoms with Crippen LogP contribution in [0.5, 0.6) is 5.75 Å². The van der Waals surface area contributed by atoms with Crippen LogP contribution in [-0.2, 0) is 9.53 Å². The Morgan fingerprint density at radius 3 is 2.58 bits per heavy atom. The molecule has 3 rings (SSSR count). The number of carbonyl (C=O) groups excluding carboxylic acids is 1. The van der Waals surface area contributed by atoms with E-state index >= 15 is 0 Å². The second kappa shape index (κ2) is 6.58. The maximum Gasteiger partial charge on any atom is 0.338 e. The predicted molar refractivity (Wildman–Crippen MR) is 91.7 cm³/mol. The highest BCUT2D eigenvalue weighted by atomic mass is 16.5. The summed E-state index contributed by atoms with van der Waals surface area (Å²) in [5.74, 6) is 0.364. The van der Waals surface area contributed by atoms with Crippen LogP contribution in [0.15, 0.2) is 70.9 Å². The van der Waals surface area contributed by atoms with E-state index in [4.69, 9.17) is 9.73 Å². The summed E-state index contributed by atoms with van der Waals surface area (Å²) in [5.41, 5.74) is 2.77. The van der Waals surface area contributed by atoms with E-state index in [1.807, 2.05) is 43.3 Å². The smallest absolute Gasteiger partial charge is 0.338 e. The minimum absolute atomic E-state index is 0.129. The predicted octanol–water partition coefficient (Wildman–Crippen LogP) is 2.93. The number of phenols is 1. The van der Waals surface area contributed by atoms with Gasteiger partial charge in [0.25, 0.3) is 0 Å². The zero-order chi connectivity index (χ0) is 17.1. The molecule has 2 aromatic rings. The summed E-state index contributed by atoms with van der Waals surface area (Å²) in [6.07, 6.45) is 0. The maximum absolute atomic E-state index is 12.2. The van der Waals surface area contributed by atoms with Gasteiger partial charge in [-0.3, -0.25) is 4.99 Å². The first-order chi connectivity index (χ1) is 11.6. The van der Waals surface area contributed by atoms with Crippen LogP contribution >= 0.6 is 0 Å². The summed E-state index contributed by atoms with van der Waals surface area (Å²) in [6.45, 7) is 1.82. The Morgan fingerprint density at radius 2 is 1.92 bits per heavy atom. The number of phenolic OH excluding ortho intramolecular Hbond substituents is 1. The first-order valence-corrected chi connectivity index (χ1v) is 7.58. The number of allylic oxidation sites excluding steroid dienone is 1. The van der Waals surface area contributed by atoms with Crippen LogP contribution in [0.1, 0.15) is 24.1 Å². The molecule has 1 heterocycles. The van der Waals surface area contributed by atoms with Crippen molar-refractivity contribution in [3.05, 3.63) is 77.0 Å². The Bertz CT molecular complexity index is 826. The van der Waals surface area contributed by atoms with Crippen molar-refractivity contribution < 1.29 is 14.6 Å². The van der Waals surface area contributed by atoms with Crippen molar-refractivity contribution in [2.45, 2.75) is 13.0 Å². The van der Waals surface area contributed by atoms with Crippen LogP contribution in [-0.4, -0.2) is 24.0 Å². The number of nitrogens with zero attached hydrogens (tertiary/aromatic N) is 1. The molecule has 24 heavy (non-hydrogen) atoms. The number of benzene rings is 2. The lowest BCUT2D eigenvalue weighted by molar-refractivity contribution is -0.136. The summed E-state index contributed by atoms with van der Waals surface area (Å²) in [7, 11) is 1.35. The summed E-state index contributed by atoms with van der Waals surface area (Å²) in [5, 5.41) is 13.0. The zero-order valence-electron chi connectivity index (χ0n) is 13.5. The quantitative estimate of drug-likeness (QED) is 0.852. The Kier molecular flexibility index (Phi) is 4.33. The van der Waals surface area contributed by atoms with Crippen LogP contribution in [0.25, 0.3) is 0 Å². The van der Waals surface area contributed by atoms with Crippen molar-refractivity contribution in [1.82, 2.24) is 5.32 Å². The van der Waals surface area contributed by atoms with E-state index in [1.54, 1.807) is 18.2 Å². The molecule has 0 radical (unpaired) electrons. The van der Waals surface area contributed by atoms with E-state index in [9.17, 15) is 9.90 Å². The van der Waals surface area contributed by atoms with Crippen molar-refractivity contribution in [2.75, 3.05) is 7.11 Å². The van der Waals surface area contributed by atoms with Gasteiger partial charge in [-0.2, -0.15) is 0 Å². The van der Waals surface area contributed by atoms with Crippen LogP contribution in [0.3, 0.4) is 0 Å². The molecule has 0 saturated carbocycles. The van der Waals surface area contributed by atoms with Crippen LogP contribution < -0.4 is 5.32 Å². The first kappa shape index (κ1) is 15.8. The second-order valence-corrected chi connectivity index (χ2v) is 5.50. The van der Waals surface area contributed by atoms with Gasteiger partial charge in [-0.15, -0.1) is 0 Å². The number of methoxy groups -OCH3 is 1. The third kappa shape index (κ3) is 3.01. The molecule has 2 N–H and O–H groups in total. The Hall–Kier alpha value is -3.08. The van der Waals surface area contributed by atoms with Gasteiger partial charge in [-0.05, 0) is 24.6 Å². The fraction of sp³-hybridized carbons (Fsp3) is 0.158. The van der Waals surface area contributed by atoms with Crippen LogP contribution in [0.4, 0.5) is 0 Å². The van der Waals surface area contributed by atoms with Crippen molar-refractivity contribution in [1.29, 1.82) is 0 Å². The SMILES string of the molecule is COC(=O)C1=C(C)NC(c2ccccc2)=NC1c1cccc(O)c1. The minimum Gasteiger partial charge on any atom is -0.508 e. The molecular formula is C19H18N2O3. The number of carbonyl (C=O) groups is 1. The number of hydrogen-bond acceptors (Lipinski definition) is 5. The Balaban J connectivity index is 2.11. The fourth-order valence-corrected chi connectivity index (χ4v) is 2.73. The zero-order valence-corrected chi connectivity index (χ0v) is 13.5. The van der Waals surface area contributed by atoms with Crippen molar-refractivity contribution in [3.63, 3.8) is 0 Å². The molecule has 2 aromatic carbocycles. The molecule has 0 saturated heterocycles. The Labute approximate surface area is 140 Å². The average Bonchev–Trinajstić information content (AvgIpc) is 2.61. The molecule has 0 bridgehead atoms. The number of esters is 1. The molecule has 5 nitrogen and oxygen atoms in total. The fourth-order valence-electron chi connectivity index (χ4n) is 2.73. The van der Waals surface area contributed by atoms with Crippen LogP contribution in [0, 0.1) is 0 Å². The molecule has 0 fully saturated rings. The lowest BCUT2D eigenvalue weighted by atomic mass is 9.95. The van der Waals surface area contributed by atoms with Crippen molar-refractivity contribution in [2.24, 2.45) is 4.99 Å². The maximum atomic E-state index is 12.2. The van der Waals surface area contributed by atoms with Gasteiger partial charge in [0, 0.05) is 11.3 Å². The molecular weight excluding hydrogens is 304 g/mol. The lowest BCUT2D eigenvalue weighted by Gasteiger charge is -2.26. The third-order valence-corrected chi connectivity index (χ3v) is 3.88. The van der Waals surface area contributed by atoms with Gasteiger partial charge in [0.2, 0.25) is 0 Å². The number of hydrogen-bond donors (Lipinski definition) is 2. The largest absolute Gasteiger partial charge is 0.508 e. The van der Waals surface area contributed by atoms with E-state index in [0.717, 1.165) is 11.1 Å². The number of aliphatic imine (C=N–C) groups is 1. The summed E-state index contributed by atoms with van der Waals surface area (Å²) in [6, 6.07) is 15.9. The molecule has 5 heteroatoms. The van der Waals surface area contributed by atoms with E-state index in [-0.39, 0.29) is 5.75 Å². The summed E-state index contributed by atoms with van der Waals surface area (Å²) < 4.78 is 4.91. The Morgan fingerprint density at radius 1 is 1.17 bits per heavy atom. The van der Waals surface area contributed by atoms with E-state index < -0.39 is 12.0 Å². The summed E-state index contributed by atoms with van der Waals surface area (Å²) >= 11 is 0. The van der Waals surface area contributed by atoms with Gasteiger partial charge in [-0.1, -0.05) is 42.5 Å². The average molecular weight is 322 g/mol. The molecule has 0 amide bonds. The highest BCUT2D eigenvalue weighted by Crippen LogP contribution is 2.33. The van der Waals surface area contributed by atoms with Gasteiger partial charge in [0.05, 0.1) is 12.7 Å². The van der Waals surface area contributed by atoms with E-state index in [2.05, 4.69) is 5.32 Å². The van der Waals surface area contributed by atoms with E-state index in [1.165, 1.54) is 7.11 Å². The van der Waals surface area contributed by atoms with Gasteiger partial charge < -0.3 is 15.2 Å². The van der Waals surface area contributed by atoms with Crippen molar-refractivity contribution in [3.8, 4) is 5.75 Å². The molecule has 0 spiro atoms. The first-order valence-electron chi connectivity index (χ1n) is 7.58. The summed E-state index contributed by atoms with van der Waals surface area (Å²) in [4.78, 5) is 16.9. The number of rotatable bonds is 3. The highest BCUT2D eigenvalue weighted by Gasteiger charge is 2.30. The molecule has 122 valence electrons. The minimum atomic E-state index is -0.541. The van der Waals surface area contributed by atoms with Gasteiger partial charge in [0.15, 0.2) is 0 Å². The number of ether oxygens (including phenoxy) is 1. The van der Waals surface area contributed by atoms with Gasteiger partial charge in [0.1, 0.15) is 17.6 Å². The third-order valence-electron chi connectivity index (χ3n) is 3.88. The van der Waals surface area contributed by atoms with Gasteiger partial charge in [-0.25, -0.2) is 4.79 Å². The number of aromatic hydroxyl groups is 1. The topological polar surface area (TPSA) is 70.9 Å². The number of amidine groups is 1. The lowest BCUT2D eigenvalue weighted by Crippen LogP contribution is -2.32. The molecule has 1 aliphatic heterocycles. The van der Waals surface area contributed by atoms with Crippen molar-refractivity contribution >= 4 is 11.8 Å². The normalized spacial score (nSPS) is 17.1. The second-order valence-electron chi connectivity index (χ2n) is 5.50.